The van der Waals surface area contributed by atoms with Gasteiger partial charge in [-0.2, -0.15) is 0 Å². The summed E-state index contributed by atoms with van der Waals surface area (Å²) >= 11 is 1.14. The lowest BCUT2D eigenvalue weighted by molar-refractivity contribution is -0.136. The number of aromatic nitrogens is 3. The zero-order chi connectivity index (χ0) is 14.5. The molecule has 1 atom stereocenters. The van der Waals surface area contributed by atoms with Crippen molar-refractivity contribution in [2.45, 2.75) is 23.8 Å². The van der Waals surface area contributed by atoms with Gasteiger partial charge >= 0.3 is 5.97 Å². The summed E-state index contributed by atoms with van der Waals surface area (Å²) in [7, 11) is 1.61. The third-order valence-corrected chi connectivity index (χ3v) is 3.94. The van der Waals surface area contributed by atoms with E-state index in [2.05, 4.69) is 15.2 Å². The zero-order valence-corrected chi connectivity index (χ0v) is 12.0. The summed E-state index contributed by atoms with van der Waals surface area (Å²) < 4.78 is 5.09. The van der Waals surface area contributed by atoms with Crippen molar-refractivity contribution in [3.05, 3.63) is 24.3 Å². The summed E-state index contributed by atoms with van der Waals surface area (Å²) in [6, 6.07) is 7.39. The molecule has 0 aliphatic rings. The molecule has 0 aliphatic heterocycles. The highest BCUT2D eigenvalue weighted by Gasteiger charge is 2.19. The predicted octanol–water partition coefficient (Wildman–Crippen LogP) is 2.44. The largest absolute Gasteiger partial charge is 0.497 e. The number of nitrogens with one attached hydrogen (secondary N) is 1. The van der Waals surface area contributed by atoms with Gasteiger partial charge in [-0.25, -0.2) is 4.98 Å². The van der Waals surface area contributed by atoms with E-state index in [9.17, 15) is 4.79 Å². The molecule has 1 aromatic heterocycles. The Kier molecular flexibility index (Phi) is 4.62. The van der Waals surface area contributed by atoms with Gasteiger partial charge < -0.3 is 9.84 Å². The average Bonchev–Trinajstić information content (AvgIpc) is 2.93. The standard InChI is InChI=1S/C13H15N3O3S/c1-3-10(12(17)18)20-13-14-11(15-16-13)8-4-6-9(19-2)7-5-8/h4-7,10H,3H2,1-2H3,(H,17,18)(H,14,15,16). The average molecular weight is 293 g/mol. The van der Waals surface area contributed by atoms with Gasteiger partial charge in [0, 0.05) is 5.56 Å². The number of nitrogens with zero attached hydrogens (tertiary/aromatic N) is 2. The first-order valence-electron chi connectivity index (χ1n) is 6.10. The Morgan fingerprint density at radius 3 is 2.70 bits per heavy atom. The minimum atomic E-state index is -0.853. The first-order chi connectivity index (χ1) is 9.63. The molecule has 2 aromatic rings. The number of hydrogen-bond acceptors (Lipinski definition) is 5. The van der Waals surface area contributed by atoms with Crippen LogP contribution in [0.5, 0.6) is 5.75 Å². The van der Waals surface area contributed by atoms with Gasteiger partial charge in [-0.05, 0) is 30.7 Å². The van der Waals surface area contributed by atoms with Crippen LogP contribution in [0.15, 0.2) is 29.4 Å². The minimum Gasteiger partial charge on any atom is -0.497 e. The molecule has 1 aromatic carbocycles. The Morgan fingerprint density at radius 2 is 2.15 bits per heavy atom. The van der Waals surface area contributed by atoms with Crippen molar-refractivity contribution in [2.24, 2.45) is 0 Å². The number of carboxylic acid groups (broad SMARTS) is 1. The van der Waals surface area contributed by atoms with Crippen molar-refractivity contribution in [1.82, 2.24) is 15.2 Å². The van der Waals surface area contributed by atoms with E-state index in [4.69, 9.17) is 9.84 Å². The Hall–Kier alpha value is -2.02. The second-order valence-corrected chi connectivity index (χ2v) is 5.22. The molecule has 2 rings (SSSR count). The molecule has 0 spiro atoms. The molecule has 7 heteroatoms. The minimum absolute atomic E-state index is 0.435. The monoisotopic (exact) mass is 293 g/mol. The molecule has 0 bridgehead atoms. The van der Waals surface area contributed by atoms with Crippen LogP contribution < -0.4 is 4.74 Å². The molecular weight excluding hydrogens is 278 g/mol. The summed E-state index contributed by atoms with van der Waals surface area (Å²) in [4.78, 5) is 15.3. The summed E-state index contributed by atoms with van der Waals surface area (Å²) in [5.74, 6) is 0.517. The van der Waals surface area contributed by atoms with Gasteiger partial charge in [0.25, 0.3) is 0 Å². The van der Waals surface area contributed by atoms with Crippen LogP contribution in [0.4, 0.5) is 0 Å². The SMILES string of the molecule is CCC(Sc1n[nH]c(-c2ccc(OC)cc2)n1)C(=O)O. The quantitative estimate of drug-likeness (QED) is 0.795. The lowest BCUT2D eigenvalue weighted by Crippen LogP contribution is -2.14. The van der Waals surface area contributed by atoms with Crippen LogP contribution in [-0.4, -0.2) is 38.6 Å². The van der Waals surface area contributed by atoms with Crippen molar-refractivity contribution in [2.75, 3.05) is 7.11 Å². The number of carbonyl (C=O) groups is 1. The van der Waals surface area contributed by atoms with Gasteiger partial charge in [0.2, 0.25) is 5.16 Å². The fourth-order valence-electron chi connectivity index (χ4n) is 1.61. The highest BCUT2D eigenvalue weighted by molar-refractivity contribution is 8.00. The van der Waals surface area contributed by atoms with Gasteiger partial charge in [0.15, 0.2) is 5.82 Å². The maximum Gasteiger partial charge on any atom is 0.317 e. The number of aliphatic carboxylic acids is 1. The third-order valence-electron chi connectivity index (χ3n) is 2.72. The Balaban J connectivity index is 2.13. The van der Waals surface area contributed by atoms with E-state index in [0.29, 0.717) is 17.4 Å². The number of carboxylic acids is 1. The number of methoxy groups -OCH3 is 1. The van der Waals surface area contributed by atoms with Crippen LogP contribution in [0, 0.1) is 0 Å². The molecule has 0 aliphatic carbocycles. The molecule has 0 saturated heterocycles. The third kappa shape index (κ3) is 3.30. The van der Waals surface area contributed by atoms with Gasteiger partial charge in [0.1, 0.15) is 11.0 Å². The van der Waals surface area contributed by atoms with E-state index >= 15 is 0 Å². The summed E-state index contributed by atoms with van der Waals surface area (Å²) in [5.41, 5.74) is 0.869. The summed E-state index contributed by atoms with van der Waals surface area (Å²) in [5, 5.41) is 15.8. The molecule has 1 unspecified atom stereocenters. The number of ether oxygens (including phenoxy) is 1. The molecule has 6 nitrogen and oxygen atoms in total. The van der Waals surface area contributed by atoms with E-state index in [1.54, 1.807) is 7.11 Å². The van der Waals surface area contributed by atoms with Crippen molar-refractivity contribution >= 4 is 17.7 Å². The second kappa shape index (κ2) is 6.42. The second-order valence-electron chi connectivity index (χ2n) is 4.05. The fraction of sp³-hybridized carbons (Fsp3) is 0.308. The molecule has 106 valence electrons. The van der Waals surface area contributed by atoms with Gasteiger partial charge in [0.05, 0.1) is 7.11 Å². The van der Waals surface area contributed by atoms with Crippen LogP contribution in [0.1, 0.15) is 13.3 Å². The highest BCUT2D eigenvalue weighted by Crippen LogP contribution is 2.25. The molecule has 0 radical (unpaired) electrons. The number of aromatic amines is 1. The molecule has 20 heavy (non-hydrogen) atoms. The van der Waals surface area contributed by atoms with E-state index in [0.717, 1.165) is 23.1 Å². The molecule has 0 fully saturated rings. The Morgan fingerprint density at radius 1 is 1.45 bits per heavy atom. The van der Waals surface area contributed by atoms with Crippen molar-refractivity contribution in [3.63, 3.8) is 0 Å². The van der Waals surface area contributed by atoms with Crippen LogP contribution in [-0.2, 0) is 4.79 Å². The maximum absolute atomic E-state index is 11.0. The van der Waals surface area contributed by atoms with E-state index in [1.165, 1.54) is 0 Å². The van der Waals surface area contributed by atoms with E-state index in [1.807, 2.05) is 31.2 Å². The fourth-order valence-corrected chi connectivity index (χ4v) is 2.38. The number of rotatable bonds is 6. The Bertz CT molecular complexity index is 583. The van der Waals surface area contributed by atoms with E-state index in [-0.39, 0.29) is 0 Å². The van der Waals surface area contributed by atoms with Crippen LogP contribution in [0.3, 0.4) is 0 Å². The first kappa shape index (κ1) is 14.4. The highest BCUT2D eigenvalue weighted by atomic mass is 32.2. The molecule has 0 saturated carbocycles. The maximum atomic E-state index is 11.0. The normalized spacial score (nSPS) is 12.1. The number of thioether (sulfide) groups is 1. The van der Waals surface area contributed by atoms with Crippen LogP contribution in [0.25, 0.3) is 11.4 Å². The Labute approximate surface area is 120 Å². The zero-order valence-electron chi connectivity index (χ0n) is 11.2. The number of hydrogen-bond donors (Lipinski definition) is 2. The predicted molar refractivity (Wildman–Crippen MR) is 75.9 cm³/mol. The van der Waals surface area contributed by atoms with Crippen molar-refractivity contribution in [1.29, 1.82) is 0 Å². The number of H-pyrrole nitrogens is 1. The smallest absolute Gasteiger partial charge is 0.317 e. The molecule has 2 N–H and O–H groups in total. The van der Waals surface area contributed by atoms with Crippen LogP contribution >= 0.6 is 11.8 Å². The van der Waals surface area contributed by atoms with Gasteiger partial charge in [-0.3, -0.25) is 9.89 Å². The number of benzene rings is 1. The van der Waals surface area contributed by atoms with Gasteiger partial charge in [-0.15, -0.1) is 5.10 Å². The van der Waals surface area contributed by atoms with Crippen LogP contribution in [0.2, 0.25) is 0 Å². The van der Waals surface area contributed by atoms with E-state index < -0.39 is 11.2 Å². The molecule has 1 heterocycles. The summed E-state index contributed by atoms with van der Waals surface area (Å²) in [6.45, 7) is 1.82. The van der Waals surface area contributed by atoms with Crippen molar-refractivity contribution < 1.29 is 14.6 Å². The topological polar surface area (TPSA) is 88.1 Å². The summed E-state index contributed by atoms with van der Waals surface area (Å²) in [6.07, 6.45) is 0.520. The van der Waals surface area contributed by atoms with Gasteiger partial charge in [-0.1, -0.05) is 18.7 Å². The molecule has 0 amide bonds. The first-order valence-corrected chi connectivity index (χ1v) is 6.98. The molecular formula is C13H15N3O3S. The lowest BCUT2D eigenvalue weighted by atomic mass is 10.2. The lowest BCUT2D eigenvalue weighted by Gasteiger charge is -2.04. The van der Waals surface area contributed by atoms with Crippen molar-refractivity contribution in [3.8, 4) is 17.1 Å².